The van der Waals surface area contributed by atoms with E-state index < -0.39 is 11.7 Å². The van der Waals surface area contributed by atoms with Crippen LogP contribution in [-0.2, 0) is 6.54 Å². The lowest BCUT2D eigenvalue weighted by molar-refractivity contribution is 0.0948. The van der Waals surface area contributed by atoms with Crippen molar-refractivity contribution in [1.82, 2.24) is 14.7 Å². The van der Waals surface area contributed by atoms with Crippen LogP contribution in [0, 0.1) is 5.82 Å². The third-order valence-electron chi connectivity index (χ3n) is 4.34. The van der Waals surface area contributed by atoms with Gasteiger partial charge in [-0.25, -0.2) is 9.37 Å². The number of pyridine rings is 1. The highest BCUT2D eigenvalue weighted by Crippen LogP contribution is 2.16. The van der Waals surface area contributed by atoms with Crippen LogP contribution in [0.1, 0.15) is 26.7 Å². The number of hydrogen-bond acceptors (Lipinski definition) is 3. The topological polar surface area (TPSA) is 75.5 Å². The maximum absolute atomic E-state index is 13.4. The van der Waals surface area contributed by atoms with E-state index in [2.05, 4.69) is 15.6 Å². The molecule has 0 radical (unpaired) electrons. The summed E-state index contributed by atoms with van der Waals surface area (Å²) in [7, 11) is 0. The zero-order chi connectivity index (χ0) is 20.2. The number of fused-ring (bicyclic) bond motifs is 1. The van der Waals surface area contributed by atoms with E-state index in [4.69, 9.17) is 0 Å². The number of nitrogens with one attached hydrogen (secondary N) is 2. The first kappa shape index (κ1) is 18.4. The molecule has 4 rings (SSSR count). The Labute approximate surface area is 166 Å². The molecule has 0 fully saturated rings. The number of benzene rings is 2. The average Bonchev–Trinajstić information content (AvgIpc) is 3.13. The number of rotatable bonds is 5. The lowest BCUT2D eigenvalue weighted by atomic mass is 10.2. The normalized spacial score (nSPS) is 10.7. The predicted molar refractivity (Wildman–Crippen MR) is 107 cm³/mol. The summed E-state index contributed by atoms with van der Waals surface area (Å²) >= 11 is 0. The van der Waals surface area contributed by atoms with Crippen LogP contribution in [0.4, 0.5) is 10.1 Å². The molecule has 0 spiro atoms. The van der Waals surface area contributed by atoms with Gasteiger partial charge in [0.25, 0.3) is 11.8 Å². The Hall–Kier alpha value is -4.00. The molecule has 7 heteroatoms. The standard InChI is InChI=1S/C22H17FN4O2/c23-16-9-6-10-17(13-16)25-22(29)20-26-19(18-11-4-5-12-27(18)20)21(28)24-14-15-7-2-1-3-8-15/h1-13H,14H2,(H,24,28)(H,25,29). The van der Waals surface area contributed by atoms with Crippen LogP contribution >= 0.6 is 0 Å². The second-order valence-corrected chi connectivity index (χ2v) is 6.37. The SMILES string of the molecule is O=C(NCc1ccccc1)c1nc(C(=O)Nc2cccc(F)c2)n2ccccc12. The summed E-state index contributed by atoms with van der Waals surface area (Å²) in [5, 5.41) is 5.43. The van der Waals surface area contributed by atoms with Crippen molar-refractivity contribution in [3.05, 3.63) is 102 Å². The van der Waals surface area contributed by atoms with Gasteiger partial charge >= 0.3 is 0 Å². The van der Waals surface area contributed by atoms with Gasteiger partial charge in [0.2, 0.25) is 5.82 Å². The van der Waals surface area contributed by atoms with Crippen LogP contribution in [-0.4, -0.2) is 21.2 Å². The Morgan fingerprint density at radius 3 is 2.52 bits per heavy atom. The smallest absolute Gasteiger partial charge is 0.292 e. The summed E-state index contributed by atoms with van der Waals surface area (Å²) in [4.78, 5) is 29.7. The van der Waals surface area contributed by atoms with Crippen molar-refractivity contribution in [3.8, 4) is 0 Å². The van der Waals surface area contributed by atoms with Gasteiger partial charge in [-0.15, -0.1) is 0 Å². The summed E-state index contributed by atoms with van der Waals surface area (Å²) in [6, 6.07) is 20.3. The third kappa shape index (κ3) is 3.98. The number of carbonyl (C=O) groups is 2. The number of anilines is 1. The van der Waals surface area contributed by atoms with E-state index in [0.29, 0.717) is 17.7 Å². The molecular weight excluding hydrogens is 371 g/mol. The first-order valence-corrected chi connectivity index (χ1v) is 8.98. The molecule has 144 valence electrons. The molecule has 0 saturated heterocycles. The lowest BCUT2D eigenvalue weighted by Crippen LogP contribution is -2.23. The van der Waals surface area contributed by atoms with Crippen molar-refractivity contribution in [2.75, 3.05) is 5.32 Å². The van der Waals surface area contributed by atoms with E-state index in [1.54, 1.807) is 30.5 Å². The molecule has 2 aromatic carbocycles. The first-order valence-electron chi connectivity index (χ1n) is 8.98. The van der Waals surface area contributed by atoms with E-state index in [0.717, 1.165) is 5.56 Å². The molecule has 2 amide bonds. The number of imidazole rings is 1. The fourth-order valence-corrected chi connectivity index (χ4v) is 2.98. The molecular formula is C22H17FN4O2. The molecule has 4 aromatic rings. The highest BCUT2D eigenvalue weighted by molar-refractivity contribution is 6.06. The minimum absolute atomic E-state index is 0.0368. The average molecular weight is 388 g/mol. The highest BCUT2D eigenvalue weighted by Gasteiger charge is 2.21. The van der Waals surface area contributed by atoms with Gasteiger partial charge in [0.05, 0.1) is 5.52 Å². The Bertz CT molecular complexity index is 1190. The van der Waals surface area contributed by atoms with E-state index >= 15 is 0 Å². The van der Waals surface area contributed by atoms with Crippen LogP contribution in [0.3, 0.4) is 0 Å². The number of halogens is 1. The van der Waals surface area contributed by atoms with Crippen molar-refractivity contribution in [1.29, 1.82) is 0 Å². The number of aromatic nitrogens is 2. The van der Waals surface area contributed by atoms with Crippen LogP contribution in [0.15, 0.2) is 79.0 Å². The minimum atomic E-state index is -0.543. The van der Waals surface area contributed by atoms with Crippen molar-refractivity contribution in [2.24, 2.45) is 0 Å². The summed E-state index contributed by atoms with van der Waals surface area (Å²) in [5.74, 6) is -1.35. The van der Waals surface area contributed by atoms with E-state index in [9.17, 15) is 14.0 Å². The summed E-state index contributed by atoms with van der Waals surface area (Å²) in [6.07, 6.45) is 1.65. The number of amides is 2. The van der Waals surface area contributed by atoms with E-state index in [-0.39, 0.29) is 17.4 Å². The molecule has 0 unspecified atom stereocenters. The van der Waals surface area contributed by atoms with Crippen molar-refractivity contribution in [3.63, 3.8) is 0 Å². The molecule has 0 bridgehead atoms. The molecule has 2 heterocycles. The van der Waals surface area contributed by atoms with Gasteiger partial charge in [0, 0.05) is 18.4 Å². The van der Waals surface area contributed by atoms with Gasteiger partial charge in [0.1, 0.15) is 5.82 Å². The fourth-order valence-electron chi connectivity index (χ4n) is 2.98. The van der Waals surface area contributed by atoms with Crippen molar-refractivity contribution < 1.29 is 14.0 Å². The van der Waals surface area contributed by atoms with Gasteiger partial charge in [0.15, 0.2) is 5.69 Å². The van der Waals surface area contributed by atoms with Gasteiger partial charge in [-0.2, -0.15) is 0 Å². The first-order chi connectivity index (χ1) is 14.1. The molecule has 0 aliphatic carbocycles. The third-order valence-corrected chi connectivity index (χ3v) is 4.34. The quantitative estimate of drug-likeness (QED) is 0.548. The van der Waals surface area contributed by atoms with E-state index in [1.165, 1.54) is 22.6 Å². The lowest BCUT2D eigenvalue weighted by Gasteiger charge is -2.04. The molecule has 2 aromatic heterocycles. The predicted octanol–water partition coefficient (Wildman–Crippen LogP) is 3.66. The summed E-state index contributed by atoms with van der Waals surface area (Å²) < 4.78 is 14.9. The van der Waals surface area contributed by atoms with Crippen molar-refractivity contribution >= 4 is 23.0 Å². The Balaban J connectivity index is 1.61. The van der Waals surface area contributed by atoms with Crippen molar-refractivity contribution in [2.45, 2.75) is 6.54 Å². The van der Waals surface area contributed by atoms with Crippen LogP contribution < -0.4 is 10.6 Å². The van der Waals surface area contributed by atoms with Crippen LogP contribution in [0.2, 0.25) is 0 Å². The number of carbonyl (C=O) groups excluding carboxylic acids is 2. The number of nitrogens with zero attached hydrogens (tertiary/aromatic N) is 2. The fraction of sp³-hybridized carbons (Fsp3) is 0.0455. The van der Waals surface area contributed by atoms with Crippen LogP contribution in [0.25, 0.3) is 5.52 Å². The number of hydrogen-bond donors (Lipinski definition) is 2. The maximum Gasteiger partial charge on any atom is 0.292 e. The van der Waals surface area contributed by atoms with Gasteiger partial charge in [-0.05, 0) is 35.9 Å². The monoisotopic (exact) mass is 388 g/mol. The van der Waals surface area contributed by atoms with Gasteiger partial charge < -0.3 is 10.6 Å². The van der Waals surface area contributed by atoms with Gasteiger partial charge in [-0.3, -0.25) is 14.0 Å². The second-order valence-electron chi connectivity index (χ2n) is 6.37. The highest BCUT2D eigenvalue weighted by atomic mass is 19.1. The Kier molecular flexibility index (Phi) is 5.03. The molecule has 0 aliphatic heterocycles. The summed E-state index contributed by atoms with van der Waals surface area (Å²) in [6.45, 7) is 0.344. The molecule has 0 aliphatic rings. The van der Waals surface area contributed by atoms with Gasteiger partial charge in [-0.1, -0.05) is 42.5 Å². The van der Waals surface area contributed by atoms with Crippen LogP contribution in [0.5, 0.6) is 0 Å². The molecule has 6 nitrogen and oxygen atoms in total. The Morgan fingerprint density at radius 1 is 0.931 bits per heavy atom. The zero-order valence-corrected chi connectivity index (χ0v) is 15.3. The molecule has 0 saturated carbocycles. The molecule has 29 heavy (non-hydrogen) atoms. The summed E-state index contributed by atoms with van der Waals surface area (Å²) in [5.41, 5.74) is 1.90. The minimum Gasteiger partial charge on any atom is -0.347 e. The largest absolute Gasteiger partial charge is 0.347 e. The van der Waals surface area contributed by atoms with E-state index in [1.807, 2.05) is 30.3 Å². The maximum atomic E-state index is 13.4. The molecule has 2 N–H and O–H groups in total. The second kappa shape index (κ2) is 7.93. The Morgan fingerprint density at radius 2 is 1.72 bits per heavy atom. The zero-order valence-electron chi connectivity index (χ0n) is 15.3. The molecule has 0 atom stereocenters.